The average Bonchev–Trinajstić information content (AvgIpc) is 2.52. The van der Waals surface area contributed by atoms with Gasteiger partial charge in [0.05, 0.1) is 0 Å². The molecule has 2 rings (SSSR count). The molecule has 5 heteroatoms. The lowest BCUT2D eigenvalue weighted by Gasteiger charge is -2.28. The van der Waals surface area contributed by atoms with Crippen molar-refractivity contribution in [1.82, 2.24) is 5.32 Å². The lowest BCUT2D eigenvalue weighted by Crippen LogP contribution is -2.39. The topological polar surface area (TPSA) is 15.3 Å². The first kappa shape index (κ1) is 15.7. The summed E-state index contributed by atoms with van der Waals surface area (Å²) in [6, 6.07) is 2.93. The van der Waals surface area contributed by atoms with Crippen LogP contribution in [0.15, 0.2) is 16.6 Å². The first-order valence-electron chi connectivity index (χ1n) is 7.10. The average molecular weight is 347 g/mol. The Labute approximate surface area is 127 Å². The summed E-state index contributed by atoms with van der Waals surface area (Å²) in [6.45, 7) is 6.55. The van der Waals surface area contributed by atoms with Crippen molar-refractivity contribution in [2.24, 2.45) is 5.92 Å². The molecule has 2 nitrogen and oxygen atoms in total. The highest BCUT2D eigenvalue weighted by Crippen LogP contribution is 2.28. The monoisotopic (exact) mass is 346 g/mol. The van der Waals surface area contributed by atoms with E-state index in [0.717, 1.165) is 19.4 Å². The van der Waals surface area contributed by atoms with Gasteiger partial charge in [0.2, 0.25) is 0 Å². The lowest BCUT2D eigenvalue weighted by atomic mass is 10.0. The maximum absolute atomic E-state index is 14.1. The van der Waals surface area contributed by atoms with Gasteiger partial charge in [-0.3, -0.25) is 0 Å². The van der Waals surface area contributed by atoms with Crippen LogP contribution in [0.5, 0.6) is 0 Å². The molecule has 0 aliphatic carbocycles. The van der Waals surface area contributed by atoms with Crippen molar-refractivity contribution in [3.05, 3.63) is 28.2 Å². The first-order chi connectivity index (χ1) is 9.47. The van der Waals surface area contributed by atoms with Gasteiger partial charge in [0.25, 0.3) is 0 Å². The van der Waals surface area contributed by atoms with E-state index < -0.39 is 11.6 Å². The van der Waals surface area contributed by atoms with Gasteiger partial charge in [-0.25, -0.2) is 8.78 Å². The van der Waals surface area contributed by atoms with Gasteiger partial charge in [-0.15, -0.1) is 0 Å². The molecule has 0 amide bonds. The lowest BCUT2D eigenvalue weighted by molar-refractivity contribution is 0.434. The smallest absolute Gasteiger partial charge is 0.150 e. The molecule has 112 valence electrons. The standard InChI is InChI=1S/C15H21BrF2N2/c1-10(2)6-12-9-20(5-3-4-19-12)15-13(17)7-11(16)8-14(15)18/h7-8,10,12,19H,3-6,9H2,1-2H3. The van der Waals surface area contributed by atoms with E-state index in [1.807, 2.05) is 4.90 Å². The van der Waals surface area contributed by atoms with E-state index in [1.54, 1.807) is 0 Å². The first-order valence-corrected chi connectivity index (χ1v) is 7.89. The van der Waals surface area contributed by atoms with E-state index >= 15 is 0 Å². The van der Waals surface area contributed by atoms with Crippen LogP contribution >= 0.6 is 15.9 Å². The van der Waals surface area contributed by atoms with E-state index in [1.165, 1.54) is 12.1 Å². The number of nitrogens with zero attached hydrogens (tertiary/aromatic N) is 1. The molecule has 0 bridgehead atoms. The van der Waals surface area contributed by atoms with Crippen molar-refractivity contribution in [3.8, 4) is 0 Å². The zero-order chi connectivity index (χ0) is 14.7. The summed E-state index contributed by atoms with van der Waals surface area (Å²) in [4.78, 5) is 1.84. The van der Waals surface area contributed by atoms with Crippen LogP contribution in [0, 0.1) is 17.6 Å². The number of nitrogens with one attached hydrogen (secondary N) is 1. The molecular formula is C15H21BrF2N2. The fourth-order valence-electron chi connectivity index (χ4n) is 2.76. The highest BCUT2D eigenvalue weighted by Gasteiger charge is 2.23. The molecule has 1 aromatic carbocycles. The van der Waals surface area contributed by atoms with Crippen molar-refractivity contribution in [1.29, 1.82) is 0 Å². The normalized spacial score (nSPS) is 20.3. The summed E-state index contributed by atoms with van der Waals surface area (Å²) >= 11 is 3.12. The minimum Gasteiger partial charge on any atom is -0.365 e. The van der Waals surface area contributed by atoms with Crippen molar-refractivity contribution < 1.29 is 8.78 Å². The predicted octanol–water partition coefficient (Wildman–Crippen LogP) is 3.94. The quantitative estimate of drug-likeness (QED) is 0.891. The maximum atomic E-state index is 14.1. The molecule has 1 atom stereocenters. The van der Waals surface area contributed by atoms with Gasteiger partial charge >= 0.3 is 0 Å². The third-order valence-corrected chi connectivity index (χ3v) is 3.99. The van der Waals surface area contributed by atoms with E-state index in [-0.39, 0.29) is 11.7 Å². The summed E-state index contributed by atoms with van der Waals surface area (Å²) in [5.74, 6) is -0.434. The summed E-state index contributed by atoms with van der Waals surface area (Å²) in [5.41, 5.74) is 0.102. The molecular weight excluding hydrogens is 326 g/mol. The Kier molecular flexibility index (Phi) is 5.38. The number of rotatable bonds is 3. The Morgan fingerprint density at radius 1 is 1.35 bits per heavy atom. The van der Waals surface area contributed by atoms with E-state index in [2.05, 4.69) is 35.1 Å². The zero-order valence-corrected chi connectivity index (χ0v) is 13.5. The third-order valence-electron chi connectivity index (χ3n) is 3.53. The van der Waals surface area contributed by atoms with Crippen molar-refractivity contribution >= 4 is 21.6 Å². The Morgan fingerprint density at radius 3 is 2.60 bits per heavy atom. The molecule has 0 saturated carbocycles. The Bertz CT molecular complexity index is 442. The van der Waals surface area contributed by atoms with Gasteiger partial charge in [-0.05, 0) is 37.4 Å². The second kappa shape index (κ2) is 6.85. The van der Waals surface area contributed by atoms with Gasteiger partial charge in [-0.1, -0.05) is 29.8 Å². The summed E-state index contributed by atoms with van der Waals surface area (Å²) in [6.07, 6.45) is 1.90. The highest BCUT2D eigenvalue weighted by atomic mass is 79.9. The molecule has 1 fully saturated rings. The van der Waals surface area contributed by atoms with Crippen LogP contribution in [0.25, 0.3) is 0 Å². The molecule has 20 heavy (non-hydrogen) atoms. The number of hydrogen-bond donors (Lipinski definition) is 1. The second-order valence-corrected chi connectivity index (χ2v) is 6.71. The zero-order valence-electron chi connectivity index (χ0n) is 11.9. The largest absolute Gasteiger partial charge is 0.365 e. The summed E-state index contributed by atoms with van der Waals surface area (Å²) in [5, 5.41) is 3.47. The number of halogens is 3. The molecule has 1 aliphatic heterocycles. The number of hydrogen-bond acceptors (Lipinski definition) is 2. The minimum atomic E-state index is -0.498. The molecule has 0 aromatic heterocycles. The highest BCUT2D eigenvalue weighted by molar-refractivity contribution is 9.10. The second-order valence-electron chi connectivity index (χ2n) is 5.80. The van der Waals surface area contributed by atoms with Crippen LogP contribution in [0.2, 0.25) is 0 Å². The van der Waals surface area contributed by atoms with Crippen LogP contribution in [0.4, 0.5) is 14.5 Å². The molecule has 1 aliphatic rings. The molecule has 1 heterocycles. The van der Waals surface area contributed by atoms with Crippen LogP contribution in [-0.2, 0) is 0 Å². The third kappa shape index (κ3) is 3.92. The molecule has 0 spiro atoms. The summed E-state index contributed by atoms with van der Waals surface area (Å²) in [7, 11) is 0. The van der Waals surface area contributed by atoms with Gasteiger partial charge in [0, 0.05) is 23.6 Å². The molecule has 1 aromatic rings. The van der Waals surface area contributed by atoms with Crippen molar-refractivity contribution in [3.63, 3.8) is 0 Å². The van der Waals surface area contributed by atoms with Crippen LogP contribution in [0.3, 0.4) is 0 Å². The van der Waals surface area contributed by atoms with Crippen LogP contribution < -0.4 is 10.2 Å². The Balaban J connectivity index is 2.22. The van der Waals surface area contributed by atoms with Gasteiger partial charge in [0.1, 0.15) is 5.69 Å². The minimum absolute atomic E-state index is 0.102. The summed E-state index contributed by atoms with van der Waals surface area (Å²) < 4.78 is 28.6. The number of benzene rings is 1. The Morgan fingerprint density at radius 2 is 2.00 bits per heavy atom. The van der Waals surface area contributed by atoms with E-state index in [0.29, 0.717) is 23.5 Å². The van der Waals surface area contributed by atoms with Crippen molar-refractivity contribution in [2.45, 2.75) is 32.7 Å². The van der Waals surface area contributed by atoms with Gasteiger partial charge in [0.15, 0.2) is 11.6 Å². The predicted molar refractivity (Wildman–Crippen MR) is 82.1 cm³/mol. The molecule has 1 N–H and O–H groups in total. The SMILES string of the molecule is CC(C)CC1CN(c2c(F)cc(Br)cc2F)CCCN1. The fourth-order valence-corrected chi connectivity index (χ4v) is 3.17. The maximum Gasteiger partial charge on any atom is 0.150 e. The van der Waals surface area contributed by atoms with Crippen molar-refractivity contribution in [2.75, 3.05) is 24.5 Å². The fraction of sp³-hybridized carbons (Fsp3) is 0.600. The van der Waals surface area contributed by atoms with E-state index in [4.69, 9.17) is 0 Å². The molecule has 1 unspecified atom stereocenters. The van der Waals surface area contributed by atoms with Crippen LogP contribution in [-0.4, -0.2) is 25.7 Å². The van der Waals surface area contributed by atoms with Crippen LogP contribution in [0.1, 0.15) is 26.7 Å². The molecule has 0 radical (unpaired) electrons. The van der Waals surface area contributed by atoms with E-state index in [9.17, 15) is 8.78 Å². The van der Waals surface area contributed by atoms with Gasteiger partial charge in [-0.2, -0.15) is 0 Å². The number of anilines is 1. The van der Waals surface area contributed by atoms with Gasteiger partial charge < -0.3 is 10.2 Å². The molecule has 1 saturated heterocycles. The Hall–Kier alpha value is -0.680.